The van der Waals surface area contributed by atoms with Crippen molar-refractivity contribution >= 4 is 9.84 Å². The number of rotatable bonds is 4. The SMILES string of the molecule is NCCCc1nc(C2CCCS(=O)(=O)C2)no1. The lowest BCUT2D eigenvalue weighted by molar-refractivity contribution is 0.367. The molecule has 0 amide bonds. The van der Waals surface area contributed by atoms with Gasteiger partial charge in [-0.2, -0.15) is 4.98 Å². The molecule has 0 radical (unpaired) electrons. The minimum Gasteiger partial charge on any atom is -0.339 e. The predicted molar refractivity (Wildman–Crippen MR) is 62.3 cm³/mol. The lowest BCUT2D eigenvalue weighted by Gasteiger charge is -2.18. The smallest absolute Gasteiger partial charge is 0.226 e. The predicted octanol–water partition coefficient (Wildman–Crippen LogP) is 0.253. The molecule has 7 heteroatoms. The summed E-state index contributed by atoms with van der Waals surface area (Å²) in [7, 11) is -2.93. The fourth-order valence-corrected chi connectivity index (χ4v) is 3.72. The average molecular weight is 259 g/mol. The molecule has 6 nitrogen and oxygen atoms in total. The van der Waals surface area contributed by atoms with E-state index in [-0.39, 0.29) is 17.4 Å². The highest BCUT2D eigenvalue weighted by Crippen LogP contribution is 2.26. The molecule has 1 fully saturated rings. The number of nitrogens with two attached hydrogens (primary N) is 1. The van der Waals surface area contributed by atoms with E-state index < -0.39 is 9.84 Å². The molecule has 2 N–H and O–H groups in total. The topological polar surface area (TPSA) is 99.1 Å². The third-order valence-electron chi connectivity index (χ3n) is 2.91. The molecule has 2 heterocycles. The monoisotopic (exact) mass is 259 g/mol. The van der Waals surface area contributed by atoms with Crippen LogP contribution in [0.4, 0.5) is 0 Å². The van der Waals surface area contributed by atoms with Crippen LogP contribution in [0, 0.1) is 0 Å². The molecule has 1 aromatic heterocycles. The van der Waals surface area contributed by atoms with Gasteiger partial charge in [0.1, 0.15) is 0 Å². The summed E-state index contributed by atoms with van der Waals surface area (Å²) in [4.78, 5) is 4.24. The van der Waals surface area contributed by atoms with Gasteiger partial charge >= 0.3 is 0 Å². The molecule has 0 aliphatic carbocycles. The van der Waals surface area contributed by atoms with E-state index >= 15 is 0 Å². The molecule has 0 bridgehead atoms. The van der Waals surface area contributed by atoms with Crippen molar-refractivity contribution in [1.29, 1.82) is 0 Å². The molecule has 0 saturated carbocycles. The van der Waals surface area contributed by atoms with Crippen LogP contribution >= 0.6 is 0 Å². The first-order chi connectivity index (χ1) is 8.11. The molecular weight excluding hydrogens is 242 g/mol. The van der Waals surface area contributed by atoms with Gasteiger partial charge in [-0.25, -0.2) is 8.42 Å². The summed E-state index contributed by atoms with van der Waals surface area (Å²) in [5.41, 5.74) is 5.39. The second-order valence-corrected chi connectivity index (χ2v) is 6.62. The minimum atomic E-state index is -2.93. The van der Waals surface area contributed by atoms with Gasteiger partial charge in [-0.05, 0) is 25.8 Å². The summed E-state index contributed by atoms with van der Waals surface area (Å²) in [5.74, 6) is 1.39. The Bertz CT molecular complexity index is 469. The molecule has 96 valence electrons. The Morgan fingerprint density at radius 1 is 1.47 bits per heavy atom. The van der Waals surface area contributed by atoms with Crippen molar-refractivity contribution in [1.82, 2.24) is 10.1 Å². The molecule has 2 rings (SSSR count). The molecule has 1 atom stereocenters. The summed E-state index contributed by atoms with van der Waals surface area (Å²) in [6.45, 7) is 0.579. The van der Waals surface area contributed by atoms with Gasteiger partial charge < -0.3 is 10.3 Å². The van der Waals surface area contributed by atoms with E-state index in [1.807, 2.05) is 0 Å². The third kappa shape index (κ3) is 3.26. The summed E-state index contributed by atoms with van der Waals surface area (Å²) in [6.07, 6.45) is 2.95. The molecule has 1 unspecified atom stereocenters. The third-order valence-corrected chi connectivity index (χ3v) is 4.73. The maximum absolute atomic E-state index is 11.5. The van der Waals surface area contributed by atoms with E-state index in [4.69, 9.17) is 10.3 Å². The summed E-state index contributed by atoms with van der Waals surface area (Å²) in [5, 5.41) is 3.87. The zero-order chi connectivity index (χ0) is 12.3. The van der Waals surface area contributed by atoms with Crippen LogP contribution in [0.5, 0.6) is 0 Å². The number of sulfone groups is 1. The zero-order valence-electron chi connectivity index (χ0n) is 9.63. The highest BCUT2D eigenvalue weighted by molar-refractivity contribution is 7.91. The maximum atomic E-state index is 11.5. The van der Waals surface area contributed by atoms with Crippen LogP contribution in [-0.4, -0.2) is 36.6 Å². The van der Waals surface area contributed by atoms with Gasteiger partial charge in [0, 0.05) is 12.3 Å². The fraction of sp³-hybridized carbons (Fsp3) is 0.800. The first-order valence-corrected chi connectivity index (χ1v) is 7.66. The van der Waals surface area contributed by atoms with Crippen molar-refractivity contribution in [2.45, 2.75) is 31.6 Å². The Hall–Kier alpha value is -0.950. The maximum Gasteiger partial charge on any atom is 0.226 e. The van der Waals surface area contributed by atoms with E-state index in [0.717, 1.165) is 12.8 Å². The van der Waals surface area contributed by atoms with E-state index in [1.54, 1.807) is 0 Å². The number of aryl methyl sites for hydroxylation is 1. The van der Waals surface area contributed by atoms with E-state index in [1.165, 1.54) is 0 Å². The Labute approximate surface area is 100 Å². The van der Waals surface area contributed by atoms with Crippen molar-refractivity contribution < 1.29 is 12.9 Å². The van der Waals surface area contributed by atoms with Gasteiger partial charge in [0.15, 0.2) is 15.7 Å². The van der Waals surface area contributed by atoms with Gasteiger partial charge in [0.05, 0.1) is 11.5 Å². The molecule has 17 heavy (non-hydrogen) atoms. The van der Waals surface area contributed by atoms with Crippen LogP contribution in [-0.2, 0) is 16.3 Å². The molecule has 1 aliphatic rings. The summed E-state index contributed by atoms with van der Waals surface area (Å²) < 4.78 is 28.1. The van der Waals surface area contributed by atoms with Crippen LogP contribution in [0.3, 0.4) is 0 Å². The Morgan fingerprint density at radius 3 is 3.00 bits per heavy atom. The number of nitrogens with zero attached hydrogens (tertiary/aromatic N) is 2. The second-order valence-electron chi connectivity index (χ2n) is 4.39. The standard InChI is InChI=1S/C10H17N3O3S/c11-5-1-4-9-12-10(13-16-9)8-3-2-6-17(14,15)7-8/h8H,1-7,11H2. The van der Waals surface area contributed by atoms with E-state index in [2.05, 4.69) is 10.1 Å². The van der Waals surface area contributed by atoms with Crippen molar-refractivity contribution in [3.05, 3.63) is 11.7 Å². The Morgan fingerprint density at radius 2 is 2.29 bits per heavy atom. The van der Waals surface area contributed by atoms with Crippen LogP contribution in [0.1, 0.15) is 36.9 Å². The van der Waals surface area contributed by atoms with Crippen LogP contribution in [0.25, 0.3) is 0 Å². The van der Waals surface area contributed by atoms with Gasteiger partial charge in [-0.15, -0.1) is 0 Å². The number of hydrogen-bond acceptors (Lipinski definition) is 6. The van der Waals surface area contributed by atoms with Crippen molar-refractivity contribution in [3.63, 3.8) is 0 Å². The molecular formula is C10H17N3O3S. The quantitative estimate of drug-likeness (QED) is 0.832. The first kappa shape index (κ1) is 12.5. The molecule has 0 aromatic carbocycles. The van der Waals surface area contributed by atoms with E-state index in [9.17, 15) is 8.42 Å². The normalized spacial score (nSPS) is 23.7. The molecule has 1 aliphatic heterocycles. The van der Waals surface area contributed by atoms with E-state index in [0.29, 0.717) is 31.1 Å². The van der Waals surface area contributed by atoms with Crippen molar-refractivity contribution in [2.75, 3.05) is 18.1 Å². The fourth-order valence-electron chi connectivity index (χ4n) is 2.02. The van der Waals surface area contributed by atoms with Gasteiger partial charge in [-0.1, -0.05) is 5.16 Å². The Kier molecular flexibility index (Phi) is 3.78. The largest absolute Gasteiger partial charge is 0.339 e. The lowest BCUT2D eigenvalue weighted by atomic mass is 10.1. The zero-order valence-corrected chi connectivity index (χ0v) is 10.4. The molecule has 1 saturated heterocycles. The van der Waals surface area contributed by atoms with Crippen molar-refractivity contribution in [2.24, 2.45) is 5.73 Å². The highest BCUT2D eigenvalue weighted by Gasteiger charge is 2.29. The number of aromatic nitrogens is 2. The Balaban J connectivity index is 2.04. The van der Waals surface area contributed by atoms with Gasteiger partial charge in [0.2, 0.25) is 5.89 Å². The van der Waals surface area contributed by atoms with Crippen LogP contribution in [0.15, 0.2) is 4.52 Å². The van der Waals surface area contributed by atoms with Crippen molar-refractivity contribution in [3.8, 4) is 0 Å². The van der Waals surface area contributed by atoms with Crippen LogP contribution < -0.4 is 5.73 Å². The van der Waals surface area contributed by atoms with Crippen LogP contribution in [0.2, 0.25) is 0 Å². The first-order valence-electron chi connectivity index (χ1n) is 5.84. The summed E-state index contributed by atoms with van der Waals surface area (Å²) >= 11 is 0. The highest BCUT2D eigenvalue weighted by atomic mass is 32.2. The van der Waals surface area contributed by atoms with Gasteiger partial charge in [-0.3, -0.25) is 0 Å². The number of hydrogen-bond donors (Lipinski definition) is 1. The molecule has 1 aromatic rings. The minimum absolute atomic E-state index is 0.107. The molecule has 0 spiro atoms. The summed E-state index contributed by atoms with van der Waals surface area (Å²) in [6, 6.07) is 0. The second kappa shape index (κ2) is 5.14. The van der Waals surface area contributed by atoms with Gasteiger partial charge in [0.25, 0.3) is 0 Å². The lowest BCUT2D eigenvalue weighted by Crippen LogP contribution is -2.24. The average Bonchev–Trinajstić information content (AvgIpc) is 2.73.